The van der Waals surface area contributed by atoms with Gasteiger partial charge in [0.15, 0.2) is 11.5 Å². The van der Waals surface area contributed by atoms with Gasteiger partial charge >= 0.3 is 11.9 Å². The number of pyridine rings is 1. The summed E-state index contributed by atoms with van der Waals surface area (Å²) in [6.07, 6.45) is 0. The summed E-state index contributed by atoms with van der Waals surface area (Å²) in [7, 11) is 0. The largest absolute Gasteiger partial charge is 0.490 e. The van der Waals surface area contributed by atoms with E-state index in [1.165, 1.54) is 0 Å². The molecule has 0 fully saturated rings. The maximum absolute atomic E-state index is 13.0. The third kappa shape index (κ3) is 5.85. The van der Waals surface area contributed by atoms with Gasteiger partial charge in [-0.3, -0.25) is 4.98 Å². The molecule has 0 aliphatic rings. The minimum absolute atomic E-state index is 0.191. The number of hydrogen-bond acceptors (Lipinski definition) is 7. The number of carbonyl (C=O) groups excluding carboxylic acids is 2. The predicted octanol–water partition coefficient (Wildman–Crippen LogP) is 6.00. The van der Waals surface area contributed by atoms with Crippen molar-refractivity contribution in [1.29, 1.82) is 0 Å². The highest BCUT2D eigenvalue weighted by Gasteiger charge is 2.28. The van der Waals surface area contributed by atoms with Crippen molar-refractivity contribution < 1.29 is 28.5 Å². The van der Waals surface area contributed by atoms with Crippen molar-refractivity contribution in [2.24, 2.45) is 0 Å². The lowest BCUT2D eigenvalue weighted by Gasteiger charge is -2.19. The van der Waals surface area contributed by atoms with E-state index in [-0.39, 0.29) is 24.3 Å². The zero-order valence-electron chi connectivity index (χ0n) is 21.8. The standard InChI is InChI=1S/C29H33NO6/c1-7-33-24-16-21(14-15-23(24)36-17-22-13-11-10-12-18(22)4)27-25(28(31)34-8-2)19(5)30-20(6)26(27)29(32)35-9-3/h10-16H,7-9,17H2,1-6H3. The van der Waals surface area contributed by atoms with Crippen LogP contribution < -0.4 is 9.47 Å². The van der Waals surface area contributed by atoms with E-state index >= 15 is 0 Å². The van der Waals surface area contributed by atoms with Gasteiger partial charge in [0, 0.05) is 5.56 Å². The number of nitrogens with zero attached hydrogens (tertiary/aromatic N) is 1. The lowest BCUT2D eigenvalue weighted by atomic mass is 9.92. The molecule has 0 saturated carbocycles. The molecule has 2 aromatic carbocycles. The van der Waals surface area contributed by atoms with Gasteiger partial charge in [-0.1, -0.05) is 30.3 Å². The highest BCUT2D eigenvalue weighted by atomic mass is 16.5. The molecule has 0 radical (unpaired) electrons. The normalized spacial score (nSPS) is 10.6. The van der Waals surface area contributed by atoms with Gasteiger partial charge in [0.2, 0.25) is 0 Å². The average Bonchev–Trinajstić information content (AvgIpc) is 2.84. The smallest absolute Gasteiger partial charge is 0.340 e. The summed E-state index contributed by atoms with van der Waals surface area (Å²) in [5.41, 5.74) is 4.58. The highest BCUT2D eigenvalue weighted by molar-refractivity contribution is 6.07. The molecular formula is C29H33NO6. The average molecular weight is 492 g/mol. The molecule has 0 N–H and O–H groups in total. The third-order valence-corrected chi connectivity index (χ3v) is 5.69. The van der Waals surface area contributed by atoms with Gasteiger partial charge in [-0.2, -0.15) is 0 Å². The van der Waals surface area contributed by atoms with Crippen molar-refractivity contribution in [2.45, 2.75) is 48.1 Å². The number of aromatic nitrogens is 1. The van der Waals surface area contributed by atoms with Crippen LogP contribution in [0.2, 0.25) is 0 Å². The molecule has 0 amide bonds. The van der Waals surface area contributed by atoms with Gasteiger partial charge < -0.3 is 18.9 Å². The van der Waals surface area contributed by atoms with Gasteiger partial charge in [-0.15, -0.1) is 0 Å². The van der Waals surface area contributed by atoms with E-state index in [1.54, 1.807) is 45.9 Å². The fourth-order valence-electron chi connectivity index (χ4n) is 4.02. The Morgan fingerprint density at radius 1 is 0.750 bits per heavy atom. The Morgan fingerprint density at radius 2 is 1.36 bits per heavy atom. The summed E-state index contributed by atoms with van der Waals surface area (Å²) < 4.78 is 22.6. The van der Waals surface area contributed by atoms with Gasteiger partial charge in [0.25, 0.3) is 0 Å². The lowest BCUT2D eigenvalue weighted by molar-refractivity contribution is 0.0525. The van der Waals surface area contributed by atoms with E-state index < -0.39 is 11.9 Å². The fraction of sp³-hybridized carbons (Fsp3) is 0.345. The van der Waals surface area contributed by atoms with Crippen molar-refractivity contribution in [3.05, 3.63) is 76.1 Å². The topological polar surface area (TPSA) is 84.0 Å². The number of rotatable bonds is 10. The monoisotopic (exact) mass is 491 g/mol. The molecule has 7 heteroatoms. The molecule has 1 heterocycles. The number of benzene rings is 2. The van der Waals surface area contributed by atoms with Crippen LogP contribution in [0.5, 0.6) is 11.5 Å². The quantitative estimate of drug-likeness (QED) is 0.321. The first-order valence-corrected chi connectivity index (χ1v) is 12.1. The minimum Gasteiger partial charge on any atom is -0.490 e. The Kier molecular flexibility index (Phi) is 9.06. The Labute approximate surface area is 212 Å². The summed E-state index contributed by atoms with van der Waals surface area (Å²) in [5.74, 6) is -0.0520. The molecule has 3 rings (SSSR count). The molecule has 0 bridgehead atoms. The second kappa shape index (κ2) is 12.2. The molecule has 0 aliphatic carbocycles. The van der Waals surface area contributed by atoms with Crippen LogP contribution in [0.3, 0.4) is 0 Å². The first kappa shape index (κ1) is 26.7. The second-order valence-corrected chi connectivity index (χ2v) is 8.16. The fourth-order valence-corrected chi connectivity index (χ4v) is 4.02. The van der Waals surface area contributed by atoms with Crippen molar-refractivity contribution in [3.63, 3.8) is 0 Å². The number of carbonyl (C=O) groups is 2. The molecule has 0 spiro atoms. The summed E-state index contributed by atoms with van der Waals surface area (Å²) in [6, 6.07) is 13.4. The molecule has 3 aromatic rings. The van der Waals surface area contributed by atoms with Crippen LogP contribution in [0.25, 0.3) is 11.1 Å². The second-order valence-electron chi connectivity index (χ2n) is 8.16. The Hall–Kier alpha value is -3.87. The lowest BCUT2D eigenvalue weighted by Crippen LogP contribution is -2.17. The predicted molar refractivity (Wildman–Crippen MR) is 138 cm³/mol. The number of esters is 2. The Balaban J connectivity index is 2.16. The summed E-state index contributed by atoms with van der Waals surface area (Å²) in [5, 5.41) is 0. The first-order valence-electron chi connectivity index (χ1n) is 12.1. The van der Waals surface area contributed by atoms with E-state index in [9.17, 15) is 9.59 Å². The van der Waals surface area contributed by atoms with Gasteiger partial charge in [0.05, 0.1) is 42.3 Å². The maximum atomic E-state index is 13.0. The van der Waals surface area contributed by atoms with Crippen LogP contribution in [-0.2, 0) is 16.1 Å². The molecule has 0 atom stereocenters. The van der Waals surface area contributed by atoms with Crippen molar-refractivity contribution in [3.8, 4) is 22.6 Å². The summed E-state index contributed by atoms with van der Waals surface area (Å²) >= 11 is 0. The van der Waals surface area contributed by atoms with Crippen LogP contribution >= 0.6 is 0 Å². The molecule has 190 valence electrons. The van der Waals surface area contributed by atoms with Crippen molar-refractivity contribution >= 4 is 11.9 Å². The zero-order chi connectivity index (χ0) is 26.2. The Bertz CT molecular complexity index is 1210. The number of ether oxygens (including phenoxy) is 4. The maximum Gasteiger partial charge on any atom is 0.340 e. The van der Waals surface area contributed by atoms with Crippen LogP contribution in [0, 0.1) is 20.8 Å². The molecular weight excluding hydrogens is 458 g/mol. The zero-order valence-corrected chi connectivity index (χ0v) is 21.8. The molecule has 7 nitrogen and oxygen atoms in total. The van der Waals surface area contributed by atoms with Gasteiger partial charge in [-0.05, 0) is 70.4 Å². The van der Waals surface area contributed by atoms with E-state index in [4.69, 9.17) is 18.9 Å². The van der Waals surface area contributed by atoms with Crippen LogP contribution in [0.4, 0.5) is 0 Å². The van der Waals surface area contributed by atoms with Gasteiger partial charge in [-0.25, -0.2) is 9.59 Å². The number of hydrogen-bond donors (Lipinski definition) is 0. The van der Waals surface area contributed by atoms with Crippen LogP contribution in [0.15, 0.2) is 42.5 Å². The molecule has 0 saturated heterocycles. The van der Waals surface area contributed by atoms with E-state index in [0.29, 0.717) is 47.2 Å². The SMILES string of the molecule is CCOC(=O)c1c(C)nc(C)c(C(=O)OCC)c1-c1ccc(OCc2ccccc2C)c(OCC)c1. The number of aryl methyl sites for hydroxylation is 3. The van der Waals surface area contributed by atoms with Crippen molar-refractivity contribution in [2.75, 3.05) is 19.8 Å². The van der Waals surface area contributed by atoms with E-state index in [2.05, 4.69) is 4.98 Å². The van der Waals surface area contributed by atoms with E-state index in [0.717, 1.165) is 11.1 Å². The minimum atomic E-state index is -0.555. The first-order chi connectivity index (χ1) is 17.3. The highest BCUT2D eigenvalue weighted by Crippen LogP contribution is 2.38. The van der Waals surface area contributed by atoms with Crippen LogP contribution in [-0.4, -0.2) is 36.7 Å². The Morgan fingerprint density at radius 3 is 1.92 bits per heavy atom. The summed E-state index contributed by atoms with van der Waals surface area (Å²) in [4.78, 5) is 30.5. The summed E-state index contributed by atoms with van der Waals surface area (Å²) in [6.45, 7) is 12.0. The third-order valence-electron chi connectivity index (χ3n) is 5.69. The molecule has 0 unspecified atom stereocenters. The van der Waals surface area contributed by atoms with E-state index in [1.807, 2.05) is 38.1 Å². The molecule has 1 aromatic heterocycles. The van der Waals surface area contributed by atoms with Crippen LogP contribution in [0.1, 0.15) is 64.0 Å². The molecule has 0 aliphatic heterocycles. The molecule has 36 heavy (non-hydrogen) atoms. The van der Waals surface area contributed by atoms with Crippen molar-refractivity contribution in [1.82, 2.24) is 4.98 Å². The van der Waals surface area contributed by atoms with Gasteiger partial charge in [0.1, 0.15) is 6.61 Å².